The number of alkyl halides is 1. The number of halogens is 1. The lowest BCUT2D eigenvalue weighted by Crippen LogP contribution is -2.12. The Bertz CT molecular complexity index is 624. The second kappa shape index (κ2) is 5.53. The number of hydrogen-bond acceptors (Lipinski definition) is 3. The lowest BCUT2D eigenvalue weighted by molar-refractivity contribution is -0.389. The van der Waals surface area contributed by atoms with Crippen molar-refractivity contribution >= 4 is 29.0 Å². The molecule has 2 N–H and O–H groups in total. The summed E-state index contributed by atoms with van der Waals surface area (Å²) < 4.78 is 0. The Morgan fingerprint density at radius 1 is 1.37 bits per heavy atom. The quantitative estimate of drug-likeness (QED) is 0.512. The third-order valence-electron chi connectivity index (χ3n) is 2.45. The van der Waals surface area contributed by atoms with Gasteiger partial charge in [0, 0.05) is 17.6 Å². The predicted octanol–water partition coefficient (Wildman–Crippen LogP) is 2.91. The Morgan fingerprint density at radius 2 is 2.16 bits per heavy atom. The van der Waals surface area contributed by atoms with Gasteiger partial charge in [0.25, 0.3) is 5.91 Å². The zero-order chi connectivity index (χ0) is 13.8. The number of hydrogen-bond donors (Lipinski definition) is 2. The van der Waals surface area contributed by atoms with Gasteiger partial charge >= 0.3 is 5.82 Å². The van der Waals surface area contributed by atoms with E-state index in [4.69, 9.17) is 11.6 Å². The van der Waals surface area contributed by atoms with Crippen LogP contribution in [0.5, 0.6) is 0 Å². The molecule has 1 amide bonds. The molecular formula is C12H10ClN3O3. The molecule has 1 aromatic heterocycles. The fourth-order valence-electron chi connectivity index (χ4n) is 1.55. The number of nitrogens with one attached hydrogen (secondary N) is 2. The molecule has 0 spiro atoms. The molecule has 98 valence electrons. The van der Waals surface area contributed by atoms with E-state index in [2.05, 4.69) is 10.3 Å². The highest BCUT2D eigenvalue weighted by atomic mass is 35.5. The smallest absolute Gasteiger partial charge is 0.321 e. The van der Waals surface area contributed by atoms with Gasteiger partial charge in [-0.3, -0.25) is 4.79 Å². The van der Waals surface area contributed by atoms with E-state index in [0.717, 1.165) is 5.56 Å². The molecule has 0 radical (unpaired) electrons. The number of anilines is 1. The number of nitrogens with zero attached hydrogens (tertiary/aromatic N) is 1. The standard InChI is InChI=1S/C12H10ClN3O3/c13-7-8-2-1-3-9(6-8)14-12(17)10-4-5-11(15-10)16(18)19/h1-6,15H,7H2,(H,14,17). The summed E-state index contributed by atoms with van der Waals surface area (Å²) in [5.41, 5.74) is 1.58. The van der Waals surface area contributed by atoms with E-state index < -0.39 is 10.8 Å². The van der Waals surface area contributed by atoms with E-state index in [1.807, 2.05) is 6.07 Å². The third kappa shape index (κ3) is 3.11. The van der Waals surface area contributed by atoms with Gasteiger partial charge in [0.2, 0.25) is 0 Å². The number of aromatic nitrogens is 1. The molecule has 7 heteroatoms. The number of carbonyl (C=O) groups is 1. The van der Waals surface area contributed by atoms with Crippen LogP contribution in [0, 0.1) is 10.1 Å². The summed E-state index contributed by atoms with van der Waals surface area (Å²) in [5.74, 6) is -0.322. The average Bonchev–Trinajstić information content (AvgIpc) is 2.89. The van der Waals surface area contributed by atoms with E-state index >= 15 is 0 Å². The van der Waals surface area contributed by atoms with Crippen molar-refractivity contribution in [3.05, 3.63) is 57.8 Å². The van der Waals surface area contributed by atoms with Gasteiger partial charge in [-0.25, -0.2) is 4.98 Å². The summed E-state index contributed by atoms with van der Waals surface area (Å²) in [5, 5.41) is 13.1. The molecule has 0 aliphatic carbocycles. The predicted molar refractivity (Wildman–Crippen MR) is 71.4 cm³/mol. The number of rotatable bonds is 4. The summed E-state index contributed by atoms with van der Waals surface area (Å²) in [6, 6.07) is 9.66. The Labute approximate surface area is 113 Å². The van der Waals surface area contributed by atoms with Crippen LogP contribution >= 0.6 is 11.6 Å². The Morgan fingerprint density at radius 3 is 2.79 bits per heavy atom. The molecule has 1 aromatic carbocycles. The van der Waals surface area contributed by atoms with Crippen LogP contribution in [0.3, 0.4) is 0 Å². The normalized spacial score (nSPS) is 10.2. The molecule has 2 aromatic rings. The number of carbonyl (C=O) groups excluding carboxylic acids is 1. The number of H-pyrrole nitrogens is 1. The van der Waals surface area contributed by atoms with Crippen LogP contribution < -0.4 is 5.32 Å². The van der Waals surface area contributed by atoms with E-state index in [0.29, 0.717) is 11.6 Å². The minimum Gasteiger partial charge on any atom is -0.358 e. The van der Waals surface area contributed by atoms with Gasteiger partial charge in [-0.2, -0.15) is 0 Å². The van der Waals surface area contributed by atoms with Crippen LogP contribution in [0.25, 0.3) is 0 Å². The van der Waals surface area contributed by atoms with Gasteiger partial charge in [0.1, 0.15) is 0 Å². The molecule has 0 aliphatic heterocycles. The van der Waals surface area contributed by atoms with E-state index in [9.17, 15) is 14.9 Å². The van der Waals surface area contributed by atoms with Crippen molar-refractivity contribution in [1.82, 2.24) is 4.98 Å². The van der Waals surface area contributed by atoms with Crippen LogP contribution in [-0.4, -0.2) is 15.8 Å². The maximum atomic E-state index is 11.9. The van der Waals surface area contributed by atoms with Crippen molar-refractivity contribution in [2.75, 3.05) is 5.32 Å². The molecule has 6 nitrogen and oxygen atoms in total. The van der Waals surface area contributed by atoms with Gasteiger partial charge in [0.15, 0.2) is 5.69 Å². The monoisotopic (exact) mass is 279 g/mol. The molecule has 1 heterocycles. The van der Waals surface area contributed by atoms with Crippen LogP contribution in [0.1, 0.15) is 16.1 Å². The maximum absolute atomic E-state index is 11.9. The van der Waals surface area contributed by atoms with Crippen molar-refractivity contribution in [3.8, 4) is 0 Å². The molecule has 2 rings (SSSR count). The van der Waals surface area contributed by atoms with E-state index in [-0.39, 0.29) is 11.5 Å². The van der Waals surface area contributed by atoms with Gasteiger partial charge in [-0.15, -0.1) is 11.6 Å². The fraction of sp³-hybridized carbons (Fsp3) is 0.0833. The Kier molecular flexibility index (Phi) is 3.82. The van der Waals surface area contributed by atoms with Crippen molar-refractivity contribution in [2.45, 2.75) is 5.88 Å². The first-order valence-corrected chi connectivity index (χ1v) is 5.93. The van der Waals surface area contributed by atoms with Crippen molar-refractivity contribution in [2.24, 2.45) is 0 Å². The van der Waals surface area contributed by atoms with Crippen LogP contribution in [0.4, 0.5) is 11.5 Å². The minimum absolute atomic E-state index is 0.128. The largest absolute Gasteiger partial charge is 0.358 e. The summed E-state index contributed by atoms with van der Waals surface area (Å²) in [7, 11) is 0. The van der Waals surface area contributed by atoms with Gasteiger partial charge < -0.3 is 15.4 Å². The lowest BCUT2D eigenvalue weighted by atomic mass is 10.2. The van der Waals surface area contributed by atoms with Crippen molar-refractivity contribution < 1.29 is 9.72 Å². The number of aromatic amines is 1. The number of nitro groups is 1. The molecule has 19 heavy (non-hydrogen) atoms. The second-order valence-electron chi connectivity index (χ2n) is 3.80. The highest BCUT2D eigenvalue weighted by Gasteiger charge is 2.15. The highest BCUT2D eigenvalue weighted by molar-refractivity contribution is 6.17. The molecule has 0 aliphatic rings. The van der Waals surface area contributed by atoms with Crippen molar-refractivity contribution in [3.63, 3.8) is 0 Å². The molecular weight excluding hydrogens is 270 g/mol. The molecule has 0 atom stereocenters. The summed E-state index contributed by atoms with van der Waals surface area (Å²) in [6.45, 7) is 0. The molecule has 0 saturated carbocycles. The SMILES string of the molecule is O=C(Nc1cccc(CCl)c1)c1ccc([N+](=O)[O-])[nH]1. The second-order valence-corrected chi connectivity index (χ2v) is 4.07. The van der Waals surface area contributed by atoms with Crippen LogP contribution in [0.2, 0.25) is 0 Å². The zero-order valence-electron chi connectivity index (χ0n) is 9.72. The first-order chi connectivity index (χ1) is 9.10. The zero-order valence-corrected chi connectivity index (χ0v) is 10.5. The molecule has 0 saturated heterocycles. The van der Waals surface area contributed by atoms with Gasteiger partial charge in [0.05, 0.1) is 0 Å². The summed E-state index contributed by atoms with van der Waals surface area (Å²) in [6.07, 6.45) is 0. The maximum Gasteiger partial charge on any atom is 0.321 e. The average molecular weight is 280 g/mol. The molecule has 0 bridgehead atoms. The third-order valence-corrected chi connectivity index (χ3v) is 2.76. The summed E-state index contributed by atoms with van der Waals surface area (Å²) in [4.78, 5) is 24.2. The van der Waals surface area contributed by atoms with Crippen molar-refractivity contribution in [1.29, 1.82) is 0 Å². The van der Waals surface area contributed by atoms with Gasteiger partial charge in [-0.05, 0) is 28.7 Å². The Balaban J connectivity index is 2.13. The minimum atomic E-state index is -0.592. The fourth-order valence-corrected chi connectivity index (χ4v) is 1.72. The highest BCUT2D eigenvalue weighted by Crippen LogP contribution is 2.15. The lowest BCUT2D eigenvalue weighted by Gasteiger charge is -2.03. The van der Waals surface area contributed by atoms with E-state index in [1.165, 1.54) is 12.1 Å². The first kappa shape index (κ1) is 13.1. The van der Waals surface area contributed by atoms with Crippen LogP contribution in [-0.2, 0) is 5.88 Å². The van der Waals surface area contributed by atoms with Gasteiger partial charge in [-0.1, -0.05) is 12.1 Å². The topological polar surface area (TPSA) is 88.0 Å². The first-order valence-electron chi connectivity index (χ1n) is 5.40. The Hall–Kier alpha value is -2.34. The summed E-state index contributed by atoms with van der Waals surface area (Å²) >= 11 is 5.70. The number of benzene rings is 1. The van der Waals surface area contributed by atoms with E-state index in [1.54, 1.807) is 18.2 Å². The van der Waals surface area contributed by atoms with Crippen LogP contribution in [0.15, 0.2) is 36.4 Å². The molecule has 0 fully saturated rings. The molecule has 0 unspecified atom stereocenters. The number of amides is 1.